The Labute approximate surface area is 86.6 Å². The lowest BCUT2D eigenvalue weighted by molar-refractivity contribution is -0.162. The second-order valence-electron chi connectivity index (χ2n) is 3.65. The first-order valence-corrected chi connectivity index (χ1v) is 4.88. The van der Waals surface area contributed by atoms with E-state index in [1.807, 2.05) is 0 Å². The van der Waals surface area contributed by atoms with Gasteiger partial charge in [-0.2, -0.15) is 0 Å². The van der Waals surface area contributed by atoms with E-state index in [0.29, 0.717) is 19.4 Å². The third kappa shape index (κ3) is 1.99. The number of nitrogens with one attached hydrogen (secondary N) is 1. The Morgan fingerprint density at radius 2 is 1.87 bits per heavy atom. The van der Waals surface area contributed by atoms with E-state index < -0.39 is 0 Å². The van der Waals surface area contributed by atoms with Gasteiger partial charge in [-0.05, 0) is 6.42 Å². The minimum atomic E-state index is -0.313. The predicted molar refractivity (Wildman–Crippen MR) is 48.7 cm³/mol. The molecule has 0 aliphatic carbocycles. The topological polar surface area (TPSA) is 75.7 Å². The summed E-state index contributed by atoms with van der Waals surface area (Å²) in [6.45, 7) is 0.267. The normalized spacial score (nSPS) is 27.9. The van der Waals surface area contributed by atoms with E-state index in [-0.39, 0.29) is 37.0 Å². The average molecular weight is 212 g/mol. The van der Waals surface area contributed by atoms with Crippen LogP contribution in [0.5, 0.6) is 0 Å². The van der Waals surface area contributed by atoms with E-state index >= 15 is 0 Å². The minimum absolute atomic E-state index is 0.0283. The van der Waals surface area contributed by atoms with Crippen molar-refractivity contribution in [2.24, 2.45) is 0 Å². The van der Waals surface area contributed by atoms with E-state index in [1.165, 1.54) is 4.90 Å². The Balaban J connectivity index is 2.04. The molecule has 0 saturated carbocycles. The summed E-state index contributed by atoms with van der Waals surface area (Å²) in [5.41, 5.74) is 0. The van der Waals surface area contributed by atoms with Gasteiger partial charge in [-0.15, -0.1) is 0 Å². The molecule has 2 aliphatic rings. The molecule has 2 aliphatic heterocycles. The minimum Gasteiger partial charge on any atom is -0.362 e. The zero-order chi connectivity index (χ0) is 10.8. The van der Waals surface area contributed by atoms with Gasteiger partial charge >= 0.3 is 0 Å². The Kier molecular flexibility index (Phi) is 2.68. The number of hydrogen-bond acceptors (Lipinski definition) is 4. The van der Waals surface area contributed by atoms with Crippen LogP contribution in [0.4, 0.5) is 0 Å². The lowest BCUT2D eigenvalue weighted by Crippen LogP contribution is -2.56. The van der Waals surface area contributed by atoms with E-state index in [0.717, 1.165) is 0 Å². The van der Waals surface area contributed by atoms with Crippen LogP contribution >= 0.6 is 0 Å². The van der Waals surface area contributed by atoms with Gasteiger partial charge in [0.2, 0.25) is 5.91 Å². The molecule has 1 atom stereocenters. The molecule has 0 bridgehead atoms. The highest BCUT2D eigenvalue weighted by Gasteiger charge is 2.34. The van der Waals surface area contributed by atoms with Crippen LogP contribution in [-0.4, -0.2) is 48.4 Å². The number of ether oxygens (including phenoxy) is 1. The third-order valence-corrected chi connectivity index (χ3v) is 2.59. The van der Waals surface area contributed by atoms with Crippen LogP contribution in [-0.2, 0) is 19.1 Å². The van der Waals surface area contributed by atoms with Crippen LogP contribution < -0.4 is 5.32 Å². The maximum atomic E-state index is 11.5. The fourth-order valence-electron chi connectivity index (χ4n) is 1.85. The van der Waals surface area contributed by atoms with E-state index in [9.17, 15) is 14.4 Å². The first-order chi connectivity index (χ1) is 7.18. The number of rotatable bonds is 1. The lowest BCUT2D eigenvalue weighted by Gasteiger charge is -2.34. The average Bonchev–Trinajstić information content (AvgIpc) is 2.20. The van der Waals surface area contributed by atoms with Crippen LogP contribution in [0, 0.1) is 0 Å². The van der Waals surface area contributed by atoms with Crippen LogP contribution in [0.2, 0.25) is 0 Å². The second kappa shape index (κ2) is 3.98. The Hall–Kier alpha value is -1.43. The second-order valence-corrected chi connectivity index (χ2v) is 3.65. The standard InChI is InChI=1S/C9H12N2O4/c12-7-2-1-6(3-10-7)11-8(13)4-15-5-9(11)14/h6H,1-5H2,(H,10,12). The molecule has 6 heteroatoms. The third-order valence-electron chi connectivity index (χ3n) is 2.59. The van der Waals surface area contributed by atoms with E-state index in [4.69, 9.17) is 4.74 Å². The first kappa shape index (κ1) is 10.1. The smallest absolute Gasteiger partial charge is 0.255 e. The maximum absolute atomic E-state index is 11.5. The van der Waals surface area contributed by atoms with Crippen molar-refractivity contribution >= 4 is 17.7 Å². The highest BCUT2D eigenvalue weighted by molar-refractivity contribution is 5.98. The number of hydrogen-bond donors (Lipinski definition) is 1. The molecule has 1 unspecified atom stereocenters. The summed E-state index contributed by atoms with van der Waals surface area (Å²) < 4.78 is 4.81. The maximum Gasteiger partial charge on any atom is 0.255 e. The lowest BCUT2D eigenvalue weighted by atomic mass is 10.0. The van der Waals surface area contributed by atoms with Crippen molar-refractivity contribution in [1.29, 1.82) is 0 Å². The molecule has 0 aromatic rings. The molecule has 6 nitrogen and oxygen atoms in total. The molecular weight excluding hydrogens is 200 g/mol. The van der Waals surface area contributed by atoms with Crippen molar-refractivity contribution in [3.63, 3.8) is 0 Å². The molecule has 0 spiro atoms. The van der Waals surface area contributed by atoms with Gasteiger partial charge in [0.15, 0.2) is 0 Å². The Morgan fingerprint density at radius 1 is 1.20 bits per heavy atom. The summed E-state index contributed by atoms with van der Waals surface area (Å²) in [4.78, 5) is 35.1. The molecule has 2 heterocycles. The van der Waals surface area contributed by atoms with Gasteiger partial charge in [0.1, 0.15) is 13.2 Å². The summed E-state index contributed by atoms with van der Waals surface area (Å²) in [6, 6.07) is -0.202. The molecule has 0 aromatic heterocycles. The largest absolute Gasteiger partial charge is 0.362 e. The van der Waals surface area contributed by atoms with Crippen molar-refractivity contribution < 1.29 is 19.1 Å². The molecule has 3 amide bonds. The van der Waals surface area contributed by atoms with Gasteiger partial charge in [-0.1, -0.05) is 0 Å². The number of carbonyl (C=O) groups is 3. The van der Waals surface area contributed by atoms with Gasteiger partial charge in [0.05, 0.1) is 6.04 Å². The number of nitrogens with zero attached hydrogens (tertiary/aromatic N) is 1. The van der Waals surface area contributed by atoms with Gasteiger partial charge in [0, 0.05) is 13.0 Å². The molecule has 0 radical (unpaired) electrons. The Morgan fingerprint density at radius 3 is 2.40 bits per heavy atom. The van der Waals surface area contributed by atoms with Crippen LogP contribution in [0.3, 0.4) is 0 Å². The molecule has 1 N–H and O–H groups in total. The SMILES string of the molecule is O=C1CCC(N2C(=O)COCC2=O)CN1. The molecular formula is C9H12N2O4. The fraction of sp³-hybridized carbons (Fsp3) is 0.667. The summed E-state index contributed by atoms with van der Waals surface area (Å²) in [6.07, 6.45) is 0.909. The van der Waals surface area contributed by atoms with Crippen molar-refractivity contribution in [3.05, 3.63) is 0 Å². The van der Waals surface area contributed by atoms with E-state index in [1.54, 1.807) is 0 Å². The zero-order valence-electron chi connectivity index (χ0n) is 8.19. The van der Waals surface area contributed by atoms with Gasteiger partial charge < -0.3 is 10.1 Å². The van der Waals surface area contributed by atoms with Crippen molar-refractivity contribution in [2.45, 2.75) is 18.9 Å². The molecule has 2 fully saturated rings. The summed E-state index contributed by atoms with van der Waals surface area (Å²) in [5, 5.41) is 2.64. The number of imide groups is 1. The van der Waals surface area contributed by atoms with Crippen molar-refractivity contribution in [2.75, 3.05) is 19.8 Å². The highest BCUT2D eigenvalue weighted by Crippen LogP contribution is 2.14. The van der Waals surface area contributed by atoms with Crippen LogP contribution in [0.1, 0.15) is 12.8 Å². The van der Waals surface area contributed by atoms with E-state index in [2.05, 4.69) is 5.32 Å². The fourth-order valence-corrected chi connectivity index (χ4v) is 1.85. The number of morpholine rings is 1. The monoisotopic (exact) mass is 212 g/mol. The number of carbonyl (C=O) groups excluding carboxylic acids is 3. The number of piperidine rings is 1. The predicted octanol–water partition coefficient (Wildman–Crippen LogP) is -1.35. The molecule has 15 heavy (non-hydrogen) atoms. The van der Waals surface area contributed by atoms with Crippen molar-refractivity contribution in [1.82, 2.24) is 10.2 Å². The van der Waals surface area contributed by atoms with Gasteiger partial charge in [-0.25, -0.2) is 0 Å². The van der Waals surface area contributed by atoms with Crippen LogP contribution in [0.25, 0.3) is 0 Å². The van der Waals surface area contributed by atoms with Crippen LogP contribution in [0.15, 0.2) is 0 Å². The summed E-state index contributed by atoms with van der Waals surface area (Å²) in [7, 11) is 0. The Bertz CT molecular complexity index is 289. The molecule has 2 rings (SSSR count). The highest BCUT2D eigenvalue weighted by atomic mass is 16.5. The molecule has 82 valence electrons. The quantitative estimate of drug-likeness (QED) is 0.545. The van der Waals surface area contributed by atoms with Gasteiger partial charge in [0.25, 0.3) is 11.8 Å². The summed E-state index contributed by atoms with van der Waals surface area (Å²) >= 11 is 0. The number of amides is 3. The molecule has 0 aromatic carbocycles. The van der Waals surface area contributed by atoms with Crippen molar-refractivity contribution in [3.8, 4) is 0 Å². The summed E-state index contributed by atoms with van der Waals surface area (Å²) in [5.74, 6) is -0.654. The zero-order valence-corrected chi connectivity index (χ0v) is 8.19. The molecule has 2 saturated heterocycles. The van der Waals surface area contributed by atoms with Gasteiger partial charge in [-0.3, -0.25) is 19.3 Å². The first-order valence-electron chi connectivity index (χ1n) is 4.88.